The Kier molecular flexibility index (Phi) is 3.13. The lowest BCUT2D eigenvalue weighted by Crippen LogP contribution is -1.62. The maximum atomic E-state index is 5.36. The minimum Gasteiger partial charge on any atom is -0.0268 e. The van der Waals surface area contributed by atoms with Crippen LogP contribution in [-0.4, -0.2) is 6.16 Å². The van der Waals surface area contributed by atoms with Gasteiger partial charge in [0.1, 0.15) is 39.9 Å². The molecule has 0 spiro atoms. The molecule has 0 aliphatic heterocycles. The Morgan fingerprint density at radius 2 is 1.50 bits per heavy atom. The van der Waals surface area contributed by atoms with Crippen LogP contribution >= 0.6 is 39.0 Å². The summed E-state index contributed by atoms with van der Waals surface area (Å²) in [6.07, 6.45) is 0.678. The summed E-state index contributed by atoms with van der Waals surface area (Å²) in [7, 11) is 0. The fraction of sp³-hybridized carbons (Fsp3) is 1.00. The SMILES string of the molecule is CC[P+](Cl)(Cl)Cl. The standard InChI is InChI=1S/C2H5Cl3P/c1-2-6(3,4)5/h2H2,1H3/q+1. The number of hydrogen-bond acceptors (Lipinski definition) is 0. The summed E-state index contributed by atoms with van der Waals surface area (Å²) in [6, 6.07) is 0. The Bertz CT molecular complexity index is 38.5. The highest BCUT2D eigenvalue weighted by Crippen LogP contribution is 2.73. The van der Waals surface area contributed by atoms with Gasteiger partial charge in [0.05, 0.1) is 0 Å². The average molecular weight is 166 g/mol. The van der Waals surface area contributed by atoms with Crippen molar-refractivity contribution in [1.29, 1.82) is 0 Å². The zero-order chi connectivity index (χ0) is 5.21. The van der Waals surface area contributed by atoms with Crippen molar-refractivity contribution in [2.75, 3.05) is 6.16 Å². The maximum absolute atomic E-state index is 5.36. The summed E-state index contributed by atoms with van der Waals surface area (Å²) >= 11 is 16.1. The van der Waals surface area contributed by atoms with Gasteiger partial charge in [-0.3, -0.25) is 0 Å². The molecule has 0 aliphatic rings. The van der Waals surface area contributed by atoms with Crippen LogP contribution in [0.4, 0.5) is 0 Å². The Morgan fingerprint density at radius 1 is 1.33 bits per heavy atom. The number of rotatable bonds is 1. The molecular weight excluding hydrogens is 161 g/mol. The van der Waals surface area contributed by atoms with Crippen LogP contribution in [0.5, 0.6) is 0 Å². The van der Waals surface area contributed by atoms with Gasteiger partial charge in [-0.05, 0) is 6.92 Å². The second-order valence-corrected chi connectivity index (χ2v) is 9.35. The van der Waals surface area contributed by atoms with E-state index in [2.05, 4.69) is 0 Å². The molecular formula is C2H5Cl3P+. The largest absolute Gasteiger partial charge is 0.307 e. The second-order valence-electron chi connectivity index (χ2n) is 0.866. The molecule has 0 aromatic rings. The van der Waals surface area contributed by atoms with Gasteiger partial charge in [0.2, 0.25) is 0 Å². The highest BCUT2D eigenvalue weighted by molar-refractivity contribution is 8.32. The van der Waals surface area contributed by atoms with E-state index in [1.165, 1.54) is 0 Å². The Labute approximate surface area is 52.5 Å². The van der Waals surface area contributed by atoms with Crippen LogP contribution in [0.3, 0.4) is 0 Å². The first-order chi connectivity index (χ1) is 2.56. The molecule has 0 saturated heterocycles. The Balaban J connectivity index is 3.17. The van der Waals surface area contributed by atoms with Gasteiger partial charge in [0.25, 0.3) is 0 Å². The van der Waals surface area contributed by atoms with Crippen molar-refractivity contribution in [3.63, 3.8) is 0 Å². The molecule has 0 saturated carbocycles. The lowest BCUT2D eigenvalue weighted by molar-refractivity contribution is 1.52. The molecule has 0 bridgehead atoms. The first-order valence-corrected chi connectivity index (χ1v) is 6.22. The first kappa shape index (κ1) is 7.30. The lowest BCUT2D eigenvalue weighted by atomic mass is 11.0. The molecule has 0 fully saturated rings. The van der Waals surface area contributed by atoms with Gasteiger partial charge >= 0.3 is 5.32 Å². The molecule has 0 rings (SSSR count). The topological polar surface area (TPSA) is 0 Å². The van der Waals surface area contributed by atoms with Gasteiger partial charge in [-0.1, -0.05) is 0 Å². The number of hydrogen-bond donors (Lipinski definition) is 0. The van der Waals surface area contributed by atoms with Crippen LogP contribution < -0.4 is 0 Å². The van der Waals surface area contributed by atoms with E-state index in [-0.39, 0.29) is 0 Å². The van der Waals surface area contributed by atoms with Crippen molar-refractivity contribution in [3.05, 3.63) is 0 Å². The fourth-order valence-electron chi connectivity index (χ4n) is 0. The zero-order valence-corrected chi connectivity index (χ0v) is 6.45. The molecule has 0 amide bonds. The predicted molar refractivity (Wildman–Crippen MR) is 35.0 cm³/mol. The highest BCUT2D eigenvalue weighted by Gasteiger charge is 2.28. The minimum atomic E-state index is -1.98. The zero-order valence-electron chi connectivity index (χ0n) is 3.29. The van der Waals surface area contributed by atoms with Gasteiger partial charge in [0, 0.05) is 0 Å². The monoisotopic (exact) mass is 165 g/mol. The van der Waals surface area contributed by atoms with Gasteiger partial charge < -0.3 is 0 Å². The van der Waals surface area contributed by atoms with Crippen molar-refractivity contribution in [3.8, 4) is 0 Å². The van der Waals surface area contributed by atoms with Gasteiger partial charge in [0.15, 0.2) is 0 Å². The van der Waals surface area contributed by atoms with E-state index in [9.17, 15) is 0 Å². The van der Waals surface area contributed by atoms with Crippen LogP contribution in [0.25, 0.3) is 0 Å². The third-order valence-electron chi connectivity index (χ3n) is 0.359. The summed E-state index contributed by atoms with van der Waals surface area (Å²) in [5.41, 5.74) is 0. The highest BCUT2D eigenvalue weighted by atomic mass is 36.1. The molecule has 0 radical (unpaired) electrons. The van der Waals surface area contributed by atoms with Crippen LogP contribution in [0.2, 0.25) is 0 Å². The van der Waals surface area contributed by atoms with E-state index in [1.807, 2.05) is 6.92 Å². The molecule has 4 heteroatoms. The minimum absolute atomic E-state index is 0.678. The first-order valence-electron chi connectivity index (χ1n) is 1.53. The molecule has 0 nitrogen and oxygen atoms in total. The number of halogens is 3. The third-order valence-corrected chi connectivity index (χ3v) is 3.23. The van der Waals surface area contributed by atoms with Crippen molar-refractivity contribution < 1.29 is 0 Å². The lowest BCUT2D eigenvalue weighted by Gasteiger charge is -1.88. The van der Waals surface area contributed by atoms with E-state index >= 15 is 0 Å². The quantitative estimate of drug-likeness (QED) is 0.523. The predicted octanol–water partition coefficient (Wildman–Crippen LogP) is 3.49. The molecule has 0 atom stereocenters. The summed E-state index contributed by atoms with van der Waals surface area (Å²) in [5, 5.41) is -1.98. The van der Waals surface area contributed by atoms with Crippen LogP contribution in [0.1, 0.15) is 6.92 Å². The molecule has 0 N–H and O–H groups in total. The van der Waals surface area contributed by atoms with E-state index in [0.29, 0.717) is 6.16 Å². The fourth-order valence-corrected chi connectivity index (χ4v) is 0. The van der Waals surface area contributed by atoms with E-state index in [0.717, 1.165) is 0 Å². The van der Waals surface area contributed by atoms with Crippen LogP contribution in [-0.2, 0) is 0 Å². The van der Waals surface area contributed by atoms with E-state index < -0.39 is 5.32 Å². The molecule has 0 aliphatic carbocycles. The molecule has 0 heterocycles. The van der Waals surface area contributed by atoms with E-state index in [4.69, 9.17) is 33.7 Å². The average Bonchev–Trinajstić information content (AvgIpc) is 1.35. The van der Waals surface area contributed by atoms with Crippen molar-refractivity contribution in [2.45, 2.75) is 6.92 Å². The normalized spacial score (nSPS) is 12.0. The Morgan fingerprint density at radius 3 is 1.50 bits per heavy atom. The van der Waals surface area contributed by atoms with Crippen molar-refractivity contribution in [1.82, 2.24) is 0 Å². The molecule has 0 aromatic carbocycles. The summed E-state index contributed by atoms with van der Waals surface area (Å²) in [4.78, 5) is 0. The van der Waals surface area contributed by atoms with Crippen LogP contribution in [0.15, 0.2) is 0 Å². The van der Waals surface area contributed by atoms with Gasteiger partial charge in [-0.15, -0.1) is 0 Å². The third kappa shape index (κ3) is 5.30. The van der Waals surface area contributed by atoms with Gasteiger partial charge in [-0.2, -0.15) is 0 Å². The molecule has 6 heavy (non-hydrogen) atoms. The molecule has 0 aromatic heterocycles. The van der Waals surface area contributed by atoms with Crippen molar-refractivity contribution >= 4 is 39.0 Å². The smallest absolute Gasteiger partial charge is 0.0268 e. The Hall–Kier alpha value is 1.30. The van der Waals surface area contributed by atoms with Gasteiger partial charge in [-0.25, -0.2) is 0 Å². The summed E-state index contributed by atoms with van der Waals surface area (Å²) in [6.45, 7) is 1.86. The maximum Gasteiger partial charge on any atom is 0.307 e. The molecule has 38 valence electrons. The van der Waals surface area contributed by atoms with Crippen LogP contribution in [0, 0.1) is 0 Å². The van der Waals surface area contributed by atoms with Crippen molar-refractivity contribution in [2.24, 2.45) is 0 Å². The second kappa shape index (κ2) is 2.57. The van der Waals surface area contributed by atoms with E-state index in [1.54, 1.807) is 0 Å². The molecule has 0 unspecified atom stereocenters. The summed E-state index contributed by atoms with van der Waals surface area (Å²) in [5.74, 6) is 0. The summed E-state index contributed by atoms with van der Waals surface area (Å²) < 4.78 is 0.